The third-order valence-corrected chi connectivity index (χ3v) is 4.05. The molecule has 1 aliphatic rings. The summed E-state index contributed by atoms with van der Waals surface area (Å²) in [6, 6.07) is 0. The first kappa shape index (κ1) is 14.4. The number of carbonyl (C=O) groups is 1. The average molecular weight is 256 g/mol. The van der Waals surface area contributed by atoms with Crippen molar-refractivity contribution >= 4 is 23.1 Å². The minimum absolute atomic E-state index is 0.109. The predicted octanol–water partition coefficient (Wildman–Crippen LogP) is 2.34. The van der Waals surface area contributed by atoms with E-state index in [9.17, 15) is 4.79 Å². The van der Waals surface area contributed by atoms with Crippen LogP contribution < -0.4 is 5.73 Å². The van der Waals surface area contributed by atoms with Crippen molar-refractivity contribution in [3.05, 3.63) is 0 Å². The van der Waals surface area contributed by atoms with Gasteiger partial charge in [0.05, 0.1) is 4.99 Å². The van der Waals surface area contributed by atoms with Crippen molar-refractivity contribution in [2.24, 2.45) is 17.6 Å². The second kappa shape index (κ2) is 6.94. The van der Waals surface area contributed by atoms with Crippen molar-refractivity contribution in [1.29, 1.82) is 0 Å². The van der Waals surface area contributed by atoms with Crippen LogP contribution in [0.15, 0.2) is 0 Å². The first-order valence-electron chi connectivity index (χ1n) is 6.61. The van der Waals surface area contributed by atoms with E-state index in [1.165, 1.54) is 25.7 Å². The van der Waals surface area contributed by atoms with Crippen LogP contribution in [0.3, 0.4) is 0 Å². The summed E-state index contributed by atoms with van der Waals surface area (Å²) in [4.78, 5) is 14.5. The van der Waals surface area contributed by atoms with E-state index in [0.29, 0.717) is 23.9 Å². The van der Waals surface area contributed by atoms with Crippen LogP contribution in [0.1, 0.15) is 46.0 Å². The Kier molecular flexibility index (Phi) is 5.89. The van der Waals surface area contributed by atoms with Crippen LogP contribution in [0.5, 0.6) is 0 Å². The zero-order valence-corrected chi connectivity index (χ0v) is 11.8. The first-order valence-corrected chi connectivity index (χ1v) is 7.02. The molecule has 4 heteroatoms. The molecule has 0 aromatic heterocycles. The molecule has 98 valence electrons. The monoisotopic (exact) mass is 256 g/mol. The van der Waals surface area contributed by atoms with E-state index >= 15 is 0 Å². The van der Waals surface area contributed by atoms with Crippen LogP contribution in [0.2, 0.25) is 0 Å². The SMILES string of the molecule is CCN(CC(C)C(N)=S)C(=O)CC1CCCC1. The largest absolute Gasteiger partial charge is 0.393 e. The highest BCUT2D eigenvalue weighted by molar-refractivity contribution is 7.80. The van der Waals surface area contributed by atoms with Crippen LogP contribution >= 0.6 is 12.2 Å². The number of nitrogens with two attached hydrogens (primary N) is 1. The zero-order chi connectivity index (χ0) is 12.8. The second-order valence-corrected chi connectivity index (χ2v) is 5.56. The van der Waals surface area contributed by atoms with Crippen LogP contribution in [0.25, 0.3) is 0 Å². The minimum atomic E-state index is 0.109. The van der Waals surface area contributed by atoms with Gasteiger partial charge in [0.1, 0.15) is 0 Å². The van der Waals surface area contributed by atoms with Gasteiger partial charge in [0.25, 0.3) is 0 Å². The molecule has 0 aromatic carbocycles. The molecule has 0 bridgehead atoms. The van der Waals surface area contributed by atoms with Gasteiger partial charge >= 0.3 is 0 Å². The summed E-state index contributed by atoms with van der Waals surface area (Å²) < 4.78 is 0. The number of carbonyl (C=O) groups excluding carboxylic acids is 1. The summed E-state index contributed by atoms with van der Waals surface area (Å²) in [6.07, 6.45) is 5.71. The van der Waals surface area contributed by atoms with E-state index in [-0.39, 0.29) is 11.8 Å². The van der Waals surface area contributed by atoms with E-state index in [0.717, 1.165) is 6.54 Å². The van der Waals surface area contributed by atoms with Gasteiger partial charge in [-0.2, -0.15) is 0 Å². The lowest BCUT2D eigenvalue weighted by Crippen LogP contribution is -2.38. The summed E-state index contributed by atoms with van der Waals surface area (Å²) in [5.41, 5.74) is 5.60. The van der Waals surface area contributed by atoms with Gasteiger partial charge < -0.3 is 10.6 Å². The topological polar surface area (TPSA) is 46.3 Å². The minimum Gasteiger partial charge on any atom is -0.393 e. The molecule has 0 radical (unpaired) electrons. The second-order valence-electron chi connectivity index (χ2n) is 5.09. The molecule has 1 rings (SSSR count). The van der Waals surface area contributed by atoms with Crippen LogP contribution in [0.4, 0.5) is 0 Å². The van der Waals surface area contributed by atoms with Crippen molar-refractivity contribution in [1.82, 2.24) is 4.90 Å². The van der Waals surface area contributed by atoms with Gasteiger partial charge in [-0.05, 0) is 25.7 Å². The molecule has 0 aliphatic heterocycles. The Morgan fingerprint density at radius 1 is 1.47 bits per heavy atom. The summed E-state index contributed by atoms with van der Waals surface area (Å²) in [5.74, 6) is 0.983. The summed E-state index contributed by atoms with van der Waals surface area (Å²) >= 11 is 4.95. The van der Waals surface area contributed by atoms with E-state index in [4.69, 9.17) is 18.0 Å². The molecule has 0 spiro atoms. The fourth-order valence-corrected chi connectivity index (χ4v) is 2.49. The Morgan fingerprint density at radius 2 is 2.06 bits per heavy atom. The predicted molar refractivity (Wildman–Crippen MR) is 74.8 cm³/mol. The molecule has 1 saturated carbocycles. The Hall–Kier alpha value is -0.640. The smallest absolute Gasteiger partial charge is 0.222 e. The maximum absolute atomic E-state index is 12.1. The molecule has 0 heterocycles. The molecule has 0 aromatic rings. The van der Waals surface area contributed by atoms with Crippen molar-refractivity contribution < 1.29 is 4.79 Å². The molecular formula is C13H24N2OS. The summed E-state index contributed by atoms with van der Waals surface area (Å²) in [5, 5.41) is 0. The van der Waals surface area contributed by atoms with Crippen LogP contribution in [-0.4, -0.2) is 28.9 Å². The van der Waals surface area contributed by atoms with Crippen molar-refractivity contribution in [2.45, 2.75) is 46.0 Å². The van der Waals surface area contributed by atoms with Gasteiger partial charge in [-0.25, -0.2) is 0 Å². The van der Waals surface area contributed by atoms with E-state index in [2.05, 4.69) is 0 Å². The number of nitrogens with zero attached hydrogens (tertiary/aromatic N) is 1. The lowest BCUT2D eigenvalue weighted by atomic mass is 10.0. The highest BCUT2D eigenvalue weighted by Gasteiger charge is 2.22. The number of amides is 1. The lowest BCUT2D eigenvalue weighted by Gasteiger charge is -2.25. The fraction of sp³-hybridized carbons (Fsp3) is 0.846. The van der Waals surface area contributed by atoms with Gasteiger partial charge in [-0.1, -0.05) is 32.0 Å². The fourth-order valence-electron chi connectivity index (χ4n) is 2.42. The molecular weight excluding hydrogens is 232 g/mol. The maximum Gasteiger partial charge on any atom is 0.222 e. The number of thiocarbonyl (C=S) groups is 1. The lowest BCUT2D eigenvalue weighted by molar-refractivity contribution is -0.132. The number of rotatable bonds is 6. The Morgan fingerprint density at radius 3 is 2.53 bits per heavy atom. The van der Waals surface area contributed by atoms with Gasteiger partial charge in [0, 0.05) is 25.4 Å². The first-order chi connectivity index (χ1) is 8.04. The van der Waals surface area contributed by atoms with Gasteiger partial charge in [0.15, 0.2) is 0 Å². The van der Waals surface area contributed by atoms with Crippen LogP contribution in [0, 0.1) is 11.8 Å². The zero-order valence-electron chi connectivity index (χ0n) is 10.9. The number of hydrogen-bond donors (Lipinski definition) is 1. The van der Waals surface area contributed by atoms with Crippen LogP contribution in [-0.2, 0) is 4.79 Å². The van der Waals surface area contributed by atoms with Gasteiger partial charge in [-0.15, -0.1) is 0 Å². The normalized spacial score (nSPS) is 18.0. The van der Waals surface area contributed by atoms with Crippen molar-refractivity contribution in [2.75, 3.05) is 13.1 Å². The number of hydrogen-bond acceptors (Lipinski definition) is 2. The highest BCUT2D eigenvalue weighted by atomic mass is 32.1. The van der Waals surface area contributed by atoms with Crippen molar-refractivity contribution in [3.63, 3.8) is 0 Å². The van der Waals surface area contributed by atoms with E-state index in [1.54, 1.807) is 0 Å². The third kappa shape index (κ3) is 4.62. The summed E-state index contributed by atoms with van der Waals surface area (Å²) in [7, 11) is 0. The Balaban J connectivity index is 2.42. The Labute approximate surface area is 110 Å². The average Bonchev–Trinajstić information content (AvgIpc) is 2.77. The summed E-state index contributed by atoms with van der Waals surface area (Å²) in [6.45, 7) is 5.41. The molecule has 1 amide bonds. The molecule has 1 unspecified atom stereocenters. The third-order valence-electron chi connectivity index (χ3n) is 3.65. The molecule has 1 fully saturated rings. The molecule has 1 atom stereocenters. The molecule has 3 nitrogen and oxygen atoms in total. The Bertz CT molecular complexity index is 275. The standard InChI is InChI=1S/C13H24N2OS/c1-3-15(9-10(2)13(14)17)12(16)8-11-6-4-5-7-11/h10-11H,3-9H2,1-2H3,(H2,14,17). The van der Waals surface area contributed by atoms with Crippen molar-refractivity contribution in [3.8, 4) is 0 Å². The highest BCUT2D eigenvalue weighted by Crippen LogP contribution is 2.28. The van der Waals surface area contributed by atoms with Gasteiger partial charge in [-0.3, -0.25) is 4.79 Å². The molecule has 1 aliphatic carbocycles. The maximum atomic E-state index is 12.1. The van der Waals surface area contributed by atoms with E-state index < -0.39 is 0 Å². The molecule has 0 saturated heterocycles. The molecule has 17 heavy (non-hydrogen) atoms. The van der Waals surface area contributed by atoms with Gasteiger partial charge in [0.2, 0.25) is 5.91 Å². The van der Waals surface area contributed by atoms with E-state index in [1.807, 2.05) is 18.7 Å². The quantitative estimate of drug-likeness (QED) is 0.742. The molecule has 2 N–H and O–H groups in total.